The summed E-state index contributed by atoms with van der Waals surface area (Å²) in [7, 11) is 0. The monoisotopic (exact) mass is 423 g/mol. The predicted octanol–water partition coefficient (Wildman–Crippen LogP) is 4.73. The summed E-state index contributed by atoms with van der Waals surface area (Å²) >= 11 is 7.03. The minimum atomic E-state index is 0.540. The second kappa shape index (κ2) is 7.73. The third kappa shape index (κ3) is 4.19. The second-order valence-corrected chi connectivity index (χ2v) is 7.56. The smallest absolute Gasteiger partial charge is 0.0717 e. The van der Waals surface area contributed by atoms with Gasteiger partial charge in [-0.2, -0.15) is 0 Å². The average molecular weight is 425 g/mol. The third-order valence-electron chi connectivity index (χ3n) is 4.09. The van der Waals surface area contributed by atoms with Gasteiger partial charge in [-0.1, -0.05) is 62.2 Å². The van der Waals surface area contributed by atoms with E-state index in [1.165, 1.54) is 11.1 Å². The Morgan fingerprint density at radius 1 is 1.00 bits per heavy atom. The molecule has 2 atom stereocenters. The van der Waals surface area contributed by atoms with Crippen molar-refractivity contribution < 1.29 is 4.74 Å². The van der Waals surface area contributed by atoms with Gasteiger partial charge in [0.05, 0.1) is 13.2 Å². The molecule has 0 bridgehead atoms. The van der Waals surface area contributed by atoms with Crippen molar-refractivity contribution in [2.45, 2.75) is 12.5 Å². The lowest BCUT2D eigenvalue weighted by molar-refractivity contribution is 0.0876. The molecule has 4 heteroatoms. The molecule has 0 saturated carbocycles. The molecule has 0 unspecified atom stereocenters. The first kappa shape index (κ1) is 16.2. The lowest BCUT2D eigenvalue weighted by Crippen LogP contribution is -2.17. The molecule has 1 aliphatic heterocycles. The Bertz CT molecular complexity index is 597. The molecule has 22 heavy (non-hydrogen) atoms. The van der Waals surface area contributed by atoms with Crippen molar-refractivity contribution in [1.29, 1.82) is 0 Å². The maximum Gasteiger partial charge on any atom is 0.0717 e. The molecule has 0 amide bonds. The first-order valence-corrected chi connectivity index (χ1v) is 9.09. The molecule has 116 valence electrons. The normalized spacial score (nSPS) is 21.2. The van der Waals surface area contributed by atoms with E-state index in [1.54, 1.807) is 0 Å². The van der Waals surface area contributed by atoms with Gasteiger partial charge in [0.2, 0.25) is 0 Å². The molecule has 1 N–H and O–H groups in total. The number of halogens is 2. The lowest BCUT2D eigenvalue weighted by Gasteiger charge is -2.19. The maximum absolute atomic E-state index is 5.98. The van der Waals surface area contributed by atoms with Crippen molar-refractivity contribution in [1.82, 2.24) is 5.32 Å². The quantitative estimate of drug-likeness (QED) is 0.748. The summed E-state index contributed by atoms with van der Waals surface area (Å²) in [6.07, 6.45) is 0. The highest BCUT2D eigenvalue weighted by Crippen LogP contribution is 2.28. The van der Waals surface area contributed by atoms with E-state index >= 15 is 0 Å². The van der Waals surface area contributed by atoms with Crippen molar-refractivity contribution in [3.63, 3.8) is 0 Å². The molecule has 0 spiro atoms. The molecular weight excluding hydrogens is 406 g/mol. The lowest BCUT2D eigenvalue weighted by atomic mass is 9.89. The summed E-state index contributed by atoms with van der Waals surface area (Å²) in [5, 5.41) is 3.49. The first-order chi connectivity index (χ1) is 10.7. The van der Waals surface area contributed by atoms with Gasteiger partial charge in [-0.05, 0) is 29.3 Å². The Balaban J connectivity index is 1.56. The summed E-state index contributed by atoms with van der Waals surface area (Å²) < 4.78 is 8.13. The van der Waals surface area contributed by atoms with Gasteiger partial charge >= 0.3 is 0 Å². The Morgan fingerprint density at radius 2 is 1.73 bits per heavy atom. The Kier molecular flexibility index (Phi) is 5.69. The highest BCUT2D eigenvalue weighted by molar-refractivity contribution is 9.11. The van der Waals surface area contributed by atoms with E-state index in [-0.39, 0.29) is 0 Å². The van der Waals surface area contributed by atoms with E-state index in [0.717, 1.165) is 28.6 Å². The van der Waals surface area contributed by atoms with E-state index in [4.69, 9.17) is 4.74 Å². The predicted molar refractivity (Wildman–Crippen MR) is 97.0 cm³/mol. The van der Waals surface area contributed by atoms with Crippen LogP contribution in [0, 0.1) is 5.92 Å². The van der Waals surface area contributed by atoms with Gasteiger partial charge in [0.25, 0.3) is 0 Å². The Morgan fingerprint density at radius 3 is 2.45 bits per heavy atom. The number of hydrogen-bond acceptors (Lipinski definition) is 2. The van der Waals surface area contributed by atoms with Crippen molar-refractivity contribution in [2.24, 2.45) is 5.92 Å². The number of ether oxygens (including phenoxy) is 1. The molecule has 3 rings (SSSR count). The highest BCUT2D eigenvalue weighted by Gasteiger charge is 2.28. The Labute approximate surface area is 148 Å². The average Bonchev–Trinajstić information content (AvgIpc) is 2.96. The van der Waals surface area contributed by atoms with Crippen LogP contribution in [0.3, 0.4) is 0 Å². The van der Waals surface area contributed by atoms with Crippen LogP contribution >= 0.6 is 31.9 Å². The summed E-state index contributed by atoms with van der Waals surface area (Å²) in [4.78, 5) is 0. The van der Waals surface area contributed by atoms with Crippen molar-refractivity contribution >= 4 is 31.9 Å². The van der Waals surface area contributed by atoms with Gasteiger partial charge in [-0.25, -0.2) is 0 Å². The van der Waals surface area contributed by atoms with Crippen LogP contribution in [0.5, 0.6) is 0 Å². The largest absolute Gasteiger partial charge is 0.376 e. The van der Waals surface area contributed by atoms with Gasteiger partial charge in [-0.3, -0.25) is 0 Å². The summed E-state index contributed by atoms with van der Waals surface area (Å²) in [6, 6.07) is 17.0. The van der Waals surface area contributed by atoms with E-state index in [9.17, 15) is 0 Å². The fourth-order valence-electron chi connectivity index (χ4n) is 3.02. The van der Waals surface area contributed by atoms with Gasteiger partial charge in [0.15, 0.2) is 0 Å². The zero-order valence-corrected chi connectivity index (χ0v) is 15.4. The zero-order valence-electron chi connectivity index (χ0n) is 12.3. The van der Waals surface area contributed by atoms with Gasteiger partial charge in [-0.15, -0.1) is 0 Å². The van der Waals surface area contributed by atoms with Crippen LogP contribution in [0.15, 0.2) is 57.5 Å². The maximum atomic E-state index is 5.98. The van der Waals surface area contributed by atoms with Gasteiger partial charge in [0.1, 0.15) is 0 Å². The zero-order chi connectivity index (χ0) is 15.4. The third-order valence-corrected chi connectivity index (χ3v) is 5.01. The van der Waals surface area contributed by atoms with Crippen LogP contribution in [-0.4, -0.2) is 19.7 Å². The molecule has 0 aromatic heterocycles. The second-order valence-electron chi connectivity index (χ2n) is 5.73. The molecule has 1 saturated heterocycles. The Hall–Kier alpha value is -0.680. The molecule has 2 nitrogen and oxygen atoms in total. The van der Waals surface area contributed by atoms with Gasteiger partial charge < -0.3 is 10.1 Å². The fraction of sp³-hybridized carbons (Fsp3) is 0.333. The van der Waals surface area contributed by atoms with Crippen LogP contribution in [0.2, 0.25) is 0 Å². The van der Waals surface area contributed by atoms with Crippen LogP contribution in [-0.2, 0) is 11.3 Å². The highest BCUT2D eigenvalue weighted by atomic mass is 79.9. The SMILES string of the molecule is Brc1cc(Br)cc(COC[C@H]2CNC[C@H]2c2ccccc2)c1. The molecule has 2 aromatic rings. The van der Waals surface area contributed by atoms with E-state index < -0.39 is 0 Å². The number of rotatable bonds is 5. The molecule has 2 aromatic carbocycles. The van der Waals surface area contributed by atoms with E-state index in [1.807, 2.05) is 6.07 Å². The van der Waals surface area contributed by atoms with Crippen LogP contribution in [0.4, 0.5) is 0 Å². The van der Waals surface area contributed by atoms with Crippen LogP contribution < -0.4 is 5.32 Å². The molecule has 1 fully saturated rings. The topological polar surface area (TPSA) is 21.3 Å². The number of benzene rings is 2. The number of nitrogens with one attached hydrogen (secondary N) is 1. The van der Waals surface area contributed by atoms with E-state index in [0.29, 0.717) is 18.4 Å². The van der Waals surface area contributed by atoms with Crippen molar-refractivity contribution in [3.05, 3.63) is 68.6 Å². The molecule has 1 aliphatic rings. The summed E-state index contributed by atoms with van der Waals surface area (Å²) in [6.45, 7) is 3.51. The minimum Gasteiger partial charge on any atom is -0.376 e. The number of hydrogen-bond donors (Lipinski definition) is 1. The van der Waals surface area contributed by atoms with Crippen LogP contribution in [0.25, 0.3) is 0 Å². The minimum absolute atomic E-state index is 0.540. The van der Waals surface area contributed by atoms with Crippen molar-refractivity contribution in [3.8, 4) is 0 Å². The fourth-order valence-corrected chi connectivity index (χ4v) is 4.41. The summed E-state index contributed by atoms with van der Waals surface area (Å²) in [5.74, 6) is 1.09. The van der Waals surface area contributed by atoms with E-state index in [2.05, 4.69) is 79.6 Å². The van der Waals surface area contributed by atoms with Crippen molar-refractivity contribution in [2.75, 3.05) is 19.7 Å². The van der Waals surface area contributed by atoms with Crippen LogP contribution in [0.1, 0.15) is 17.0 Å². The molecule has 0 radical (unpaired) electrons. The van der Waals surface area contributed by atoms with Gasteiger partial charge in [0, 0.05) is 33.9 Å². The standard InChI is InChI=1S/C18H19Br2NO/c19-16-6-13(7-17(20)8-16)11-22-12-15-9-21-10-18(15)14-4-2-1-3-5-14/h1-8,15,18,21H,9-12H2/t15-,18+/m1/s1. The molecule has 0 aliphatic carbocycles. The molecular formula is C18H19Br2NO. The summed E-state index contributed by atoms with van der Waals surface area (Å²) in [5.41, 5.74) is 2.59. The first-order valence-electron chi connectivity index (χ1n) is 7.51. The molecule has 1 heterocycles.